The number of halogens is 1. The molecule has 0 aliphatic carbocycles. The Kier molecular flexibility index (Phi) is 4.77. The monoisotopic (exact) mass is 266 g/mol. The lowest BCUT2D eigenvalue weighted by atomic mass is 9.85. The van der Waals surface area contributed by atoms with E-state index < -0.39 is 0 Å². The summed E-state index contributed by atoms with van der Waals surface area (Å²) in [6.07, 6.45) is 3.55. The van der Waals surface area contributed by atoms with Crippen molar-refractivity contribution in [1.82, 2.24) is 4.90 Å². The highest BCUT2D eigenvalue weighted by Crippen LogP contribution is 2.34. The largest absolute Gasteiger partial charge is 0.496 e. The molecular formula is C15H23FN2O. The van der Waals surface area contributed by atoms with Gasteiger partial charge in [-0.1, -0.05) is 6.42 Å². The summed E-state index contributed by atoms with van der Waals surface area (Å²) >= 11 is 0. The van der Waals surface area contributed by atoms with E-state index in [1.165, 1.54) is 18.9 Å². The van der Waals surface area contributed by atoms with Gasteiger partial charge in [0.05, 0.1) is 7.11 Å². The van der Waals surface area contributed by atoms with Gasteiger partial charge in [0.2, 0.25) is 0 Å². The lowest BCUT2D eigenvalue weighted by Crippen LogP contribution is -2.43. The smallest absolute Gasteiger partial charge is 0.123 e. The lowest BCUT2D eigenvalue weighted by molar-refractivity contribution is 0.159. The number of hydrogen-bond donors (Lipinski definition) is 1. The Balaban J connectivity index is 2.32. The van der Waals surface area contributed by atoms with Crippen LogP contribution in [0.2, 0.25) is 0 Å². The summed E-state index contributed by atoms with van der Waals surface area (Å²) in [6, 6.07) is 5.06. The van der Waals surface area contributed by atoms with Gasteiger partial charge in [-0.25, -0.2) is 4.39 Å². The zero-order valence-corrected chi connectivity index (χ0v) is 11.7. The molecular weight excluding hydrogens is 243 g/mol. The Morgan fingerprint density at radius 3 is 2.89 bits per heavy atom. The number of ether oxygens (including phenoxy) is 1. The van der Waals surface area contributed by atoms with Crippen molar-refractivity contribution in [1.29, 1.82) is 0 Å². The lowest BCUT2D eigenvalue weighted by Gasteiger charge is -2.38. The van der Waals surface area contributed by atoms with E-state index in [-0.39, 0.29) is 11.7 Å². The van der Waals surface area contributed by atoms with E-state index in [4.69, 9.17) is 10.5 Å². The Morgan fingerprint density at radius 1 is 1.47 bits per heavy atom. The van der Waals surface area contributed by atoms with E-state index in [0.717, 1.165) is 24.3 Å². The summed E-state index contributed by atoms with van der Waals surface area (Å²) < 4.78 is 18.9. The number of likely N-dealkylation sites (N-methyl/N-ethyl adjacent to an activating group) is 1. The summed E-state index contributed by atoms with van der Waals surface area (Å²) in [6.45, 7) is 1.59. The molecule has 1 aliphatic heterocycles. The van der Waals surface area contributed by atoms with Gasteiger partial charge in [0.1, 0.15) is 11.6 Å². The summed E-state index contributed by atoms with van der Waals surface area (Å²) in [5.74, 6) is 0.625. The molecule has 1 aromatic carbocycles. The van der Waals surface area contributed by atoms with Crippen molar-refractivity contribution in [2.24, 2.45) is 5.73 Å². The van der Waals surface area contributed by atoms with Crippen LogP contribution >= 0.6 is 0 Å². The first-order chi connectivity index (χ1) is 9.17. The van der Waals surface area contributed by atoms with Crippen molar-refractivity contribution < 1.29 is 9.13 Å². The highest BCUT2D eigenvalue weighted by atomic mass is 19.1. The van der Waals surface area contributed by atoms with Crippen LogP contribution in [0, 0.1) is 5.82 Å². The molecule has 2 atom stereocenters. The quantitative estimate of drug-likeness (QED) is 0.909. The highest BCUT2D eigenvalue weighted by Gasteiger charge is 2.29. The van der Waals surface area contributed by atoms with Gasteiger partial charge in [0.15, 0.2) is 0 Å². The first-order valence-electron chi connectivity index (χ1n) is 6.91. The third kappa shape index (κ3) is 3.07. The maximum Gasteiger partial charge on any atom is 0.123 e. The number of likely N-dealkylation sites (tertiary alicyclic amines) is 1. The molecule has 2 rings (SSSR count). The highest BCUT2D eigenvalue weighted by molar-refractivity contribution is 5.38. The summed E-state index contributed by atoms with van der Waals surface area (Å²) in [5.41, 5.74) is 6.86. The zero-order valence-electron chi connectivity index (χ0n) is 11.7. The standard InChI is InChI=1S/C15H23FN2O/c1-18-8-4-3-5-14(18)13(10-17)12-9-11(16)6-7-15(12)19-2/h6-7,9,13-14H,3-5,8,10,17H2,1-2H3. The first-order valence-corrected chi connectivity index (χ1v) is 6.91. The van der Waals surface area contributed by atoms with Crippen LogP contribution in [-0.2, 0) is 0 Å². The molecule has 106 valence electrons. The van der Waals surface area contributed by atoms with Gasteiger partial charge >= 0.3 is 0 Å². The van der Waals surface area contributed by atoms with Gasteiger partial charge < -0.3 is 15.4 Å². The van der Waals surface area contributed by atoms with Crippen LogP contribution in [0.3, 0.4) is 0 Å². The molecule has 1 aliphatic rings. The maximum absolute atomic E-state index is 13.5. The third-order valence-electron chi connectivity index (χ3n) is 4.14. The number of nitrogens with zero attached hydrogens (tertiary/aromatic N) is 1. The minimum atomic E-state index is -0.229. The van der Waals surface area contributed by atoms with Crippen LogP contribution in [0.15, 0.2) is 18.2 Å². The van der Waals surface area contributed by atoms with Crippen molar-refractivity contribution in [2.45, 2.75) is 31.2 Å². The van der Waals surface area contributed by atoms with Crippen molar-refractivity contribution in [3.8, 4) is 5.75 Å². The molecule has 0 aromatic heterocycles. The van der Waals surface area contributed by atoms with Crippen LogP contribution < -0.4 is 10.5 Å². The molecule has 2 unspecified atom stereocenters. The molecule has 1 fully saturated rings. The summed E-state index contributed by atoms with van der Waals surface area (Å²) in [5, 5.41) is 0. The predicted octanol–water partition coefficient (Wildman–Crippen LogP) is 2.36. The minimum absolute atomic E-state index is 0.121. The van der Waals surface area contributed by atoms with E-state index in [1.54, 1.807) is 19.2 Å². The molecule has 0 saturated carbocycles. The molecule has 1 saturated heterocycles. The molecule has 0 radical (unpaired) electrons. The second kappa shape index (κ2) is 6.35. The molecule has 0 bridgehead atoms. The molecule has 0 amide bonds. The van der Waals surface area contributed by atoms with Gasteiger partial charge in [0, 0.05) is 24.1 Å². The summed E-state index contributed by atoms with van der Waals surface area (Å²) in [4.78, 5) is 2.34. The second-order valence-electron chi connectivity index (χ2n) is 5.27. The molecule has 0 spiro atoms. The third-order valence-corrected chi connectivity index (χ3v) is 4.14. The normalized spacial score (nSPS) is 22.2. The fourth-order valence-electron chi connectivity index (χ4n) is 3.10. The van der Waals surface area contributed by atoms with E-state index in [0.29, 0.717) is 12.6 Å². The van der Waals surface area contributed by atoms with E-state index >= 15 is 0 Å². The van der Waals surface area contributed by atoms with Crippen LogP contribution in [-0.4, -0.2) is 38.2 Å². The van der Waals surface area contributed by atoms with E-state index in [9.17, 15) is 4.39 Å². The average molecular weight is 266 g/mol. The molecule has 4 heteroatoms. The van der Waals surface area contributed by atoms with E-state index in [1.807, 2.05) is 0 Å². The van der Waals surface area contributed by atoms with Crippen molar-refractivity contribution in [2.75, 3.05) is 27.2 Å². The minimum Gasteiger partial charge on any atom is -0.496 e. The number of nitrogens with two attached hydrogens (primary N) is 1. The first kappa shape index (κ1) is 14.3. The molecule has 3 nitrogen and oxygen atoms in total. The van der Waals surface area contributed by atoms with Gasteiger partial charge in [-0.2, -0.15) is 0 Å². The molecule has 1 aromatic rings. The Labute approximate surface area is 114 Å². The SMILES string of the molecule is COc1ccc(F)cc1C(CN)C1CCCCN1C. The van der Waals surface area contributed by atoms with Crippen LogP contribution in [0.1, 0.15) is 30.7 Å². The van der Waals surface area contributed by atoms with Gasteiger partial charge in [-0.3, -0.25) is 0 Å². The fourth-order valence-corrected chi connectivity index (χ4v) is 3.10. The Hall–Kier alpha value is -1.13. The number of methoxy groups -OCH3 is 1. The van der Waals surface area contributed by atoms with Crippen LogP contribution in [0.5, 0.6) is 5.75 Å². The Bertz CT molecular complexity index is 425. The van der Waals surface area contributed by atoms with Crippen molar-refractivity contribution in [3.63, 3.8) is 0 Å². The van der Waals surface area contributed by atoms with Crippen molar-refractivity contribution >= 4 is 0 Å². The summed E-state index contributed by atoms with van der Waals surface area (Å²) in [7, 11) is 3.74. The van der Waals surface area contributed by atoms with Gasteiger partial charge in [0.25, 0.3) is 0 Å². The number of benzene rings is 1. The topological polar surface area (TPSA) is 38.5 Å². The van der Waals surface area contributed by atoms with Crippen LogP contribution in [0.4, 0.5) is 4.39 Å². The number of rotatable bonds is 4. The Morgan fingerprint density at radius 2 is 2.26 bits per heavy atom. The van der Waals surface area contributed by atoms with Crippen molar-refractivity contribution in [3.05, 3.63) is 29.6 Å². The number of hydrogen-bond acceptors (Lipinski definition) is 3. The number of piperidine rings is 1. The maximum atomic E-state index is 13.5. The fraction of sp³-hybridized carbons (Fsp3) is 0.600. The van der Waals surface area contributed by atoms with Gasteiger partial charge in [-0.15, -0.1) is 0 Å². The molecule has 1 heterocycles. The zero-order chi connectivity index (χ0) is 13.8. The van der Waals surface area contributed by atoms with E-state index in [2.05, 4.69) is 11.9 Å². The second-order valence-corrected chi connectivity index (χ2v) is 5.27. The molecule has 2 N–H and O–H groups in total. The average Bonchev–Trinajstić information content (AvgIpc) is 2.42. The van der Waals surface area contributed by atoms with Crippen LogP contribution in [0.25, 0.3) is 0 Å². The molecule has 19 heavy (non-hydrogen) atoms. The predicted molar refractivity (Wildman–Crippen MR) is 75.0 cm³/mol. The van der Waals surface area contributed by atoms with Gasteiger partial charge in [-0.05, 0) is 44.6 Å².